The van der Waals surface area contributed by atoms with Gasteiger partial charge < -0.3 is 9.55 Å². The van der Waals surface area contributed by atoms with E-state index in [2.05, 4.69) is 229 Å². The molecule has 4 aromatic heterocycles. The third-order valence-corrected chi connectivity index (χ3v) is 22.3. The molecular formula is C86H61BrCu2N4O5S2. The predicted octanol–water partition coefficient (Wildman–Crippen LogP) is 22.4. The van der Waals surface area contributed by atoms with Crippen molar-refractivity contribution in [3.05, 3.63) is 343 Å². The molecule has 0 atom stereocenters. The summed E-state index contributed by atoms with van der Waals surface area (Å²) in [5.41, 5.74) is 19.9. The molecule has 0 fully saturated rings. The molecule has 4 heterocycles. The number of hydrogen-bond donors (Lipinski definition) is 1. The molecule has 100 heavy (non-hydrogen) atoms. The smallest absolute Gasteiger partial charge is 0.0465 e. The fourth-order valence-corrected chi connectivity index (χ4v) is 17.0. The van der Waals surface area contributed by atoms with Gasteiger partial charge in [-0.05, 0) is 180 Å². The zero-order chi connectivity index (χ0) is 67.9. The zero-order valence-corrected chi connectivity index (χ0v) is 59.0. The van der Waals surface area contributed by atoms with Gasteiger partial charge in [0.2, 0.25) is 0 Å². The second kappa shape index (κ2) is 28.0. The summed E-state index contributed by atoms with van der Waals surface area (Å²) in [6.45, 7) is 3.90. The van der Waals surface area contributed by atoms with Crippen molar-refractivity contribution in [2.45, 2.75) is 23.6 Å². The largest absolute Gasteiger partial charge is 0.355 e. The van der Waals surface area contributed by atoms with Crippen LogP contribution in [0.25, 0.3) is 137 Å². The Morgan fingerprint density at radius 2 is 0.600 bits per heavy atom. The van der Waals surface area contributed by atoms with Crippen LogP contribution in [0.3, 0.4) is 0 Å². The van der Waals surface area contributed by atoms with Gasteiger partial charge in [-0.3, -0.25) is 0 Å². The second-order valence-corrected chi connectivity index (χ2v) is 29.0. The Hall–Kier alpha value is -10.5. The zero-order valence-electron chi connectivity index (χ0n) is 53.9. The number of H-pyrrole nitrogens is 1. The average molecular weight is 1500 g/mol. The molecule has 0 aliphatic heterocycles. The van der Waals surface area contributed by atoms with Crippen molar-refractivity contribution in [3.63, 3.8) is 0 Å². The van der Waals surface area contributed by atoms with E-state index >= 15 is 0 Å². The maximum Gasteiger partial charge on any atom is 0.0465 e. The van der Waals surface area contributed by atoms with E-state index in [0.717, 1.165) is 75.8 Å². The number of nitrogens with zero attached hydrogens (tertiary/aromatic N) is 3. The van der Waals surface area contributed by atoms with Crippen LogP contribution < -0.4 is 0 Å². The quantitative estimate of drug-likeness (QED) is 0.145. The first-order valence-electron chi connectivity index (χ1n) is 32.2. The van der Waals surface area contributed by atoms with Gasteiger partial charge in [0.15, 0.2) is 0 Å². The van der Waals surface area contributed by atoms with E-state index in [9.17, 15) is 16.8 Å². The van der Waals surface area contributed by atoms with Crippen LogP contribution in [0.15, 0.2) is 342 Å². The molecule has 0 bridgehead atoms. The molecule has 1 radical (unpaired) electrons. The third-order valence-electron chi connectivity index (χ3n) is 18.4. The monoisotopic (exact) mass is 1500 g/mol. The maximum absolute atomic E-state index is 14.2. The van der Waals surface area contributed by atoms with E-state index < -0.39 is 20.0 Å². The average Bonchev–Trinajstić information content (AvgIpc) is 1.57. The minimum absolute atomic E-state index is 0. The summed E-state index contributed by atoms with van der Waals surface area (Å²) in [6.07, 6.45) is 0. The van der Waals surface area contributed by atoms with Gasteiger partial charge in [0, 0.05) is 81.4 Å². The van der Waals surface area contributed by atoms with E-state index in [1.54, 1.807) is 24.3 Å². The van der Waals surface area contributed by atoms with E-state index in [1.165, 1.54) is 63.1 Å². The van der Waals surface area contributed by atoms with Crippen LogP contribution in [0.2, 0.25) is 0 Å². The van der Waals surface area contributed by atoms with Crippen LogP contribution in [-0.4, -0.2) is 34.3 Å². The summed E-state index contributed by atoms with van der Waals surface area (Å²) < 4.78 is 68.8. The molecule has 18 rings (SSSR count). The first-order valence-corrected chi connectivity index (χ1v) is 36.2. The third kappa shape index (κ3) is 12.4. The van der Waals surface area contributed by atoms with Crippen molar-refractivity contribution in [1.82, 2.24) is 17.5 Å². The van der Waals surface area contributed by atoms with Crippen molar-refractivity contribution in [1.29, 1.82) is 0 Å². The normalized spacial score (nSPS) is 11.5. The van der Waals surface area contributed by atoms with Gasteiger partial charge >= 0.3 is 19.8 Å². The van der Waals surface area contributed by atoms with Gasteiger partial charge in [-0.25, -0.2) is 24.8 Å². The molecule has 496 valence electrons. The van der Waals surface area contributed by atoms with Gasteiger partial charge in [-0.2, -0.15) is 0 Å². The maximum atomic E-state index is 14.2. The van der Waals surface area contributed by atoms with Crippen molar-refractivity contribution >= 4 is 123 Å². The Kier molecular flexibility index (Phi) is 18.7. The van der Waals surface area contributed by atoms with Gasteiger partial charge in [0.1, 0.15) is 0 Å². The molecule has 14 heteroatoms. The number of halogens is 1. The summed E-state index contributed by atoms with van der Waals surface area (Å²) >= 11 is 6.41. The number of aryl methyl sites for hydroxylation is 2. The van der Waals surface area contributed by atoms with Gasteiger partial charge in [-0.15, -0.1) is 0 Å². The Morgan fingerprint density at radius 1 is 0.290 bits per heavy atom. The number of benzene rings is 14. The summed E-state index contributed by atoms with van der Waals surface area (Å²) in [5, 5.41) is 8.48. The molecular weight excluding hydrogens is 1440 g/mol. The molecule has 0 aliphatic carbocycles. The molecule has 1 N–H and O–H groups in total. The predicted molar refractivity (Wildman–Crippen MR) is 407 cm³/mol. The molecule has 0 unspecified atom stereocenters. The molecule has 0 saturated heterocycles. The number of hydrogen-bond acceptors (Lipinski definition) is 5. The van der Waals surface area contributed by atoms with Crippen LogP contribution in [0.1, 0.15) is 11.1 Å². The van der Waals surface area contributed by atoms with Crippen molar-refractivity contribution in [2.75, 3.05) is 0 Å². The van der Waals surface area contributed by atoms with E-state index in [0.29, 0.717) is 27.0 Å². The van der Waals surface area contributed by atoms with Crippen LogP contribution in [0, 0.1) is 13.8 Å². The molecule has 9 nitrogen and oxygen atoms in total. The minimum atomic E-state index is -3.85. The number of aromatic nitrogens is 4. The number of nitrogens with one attached hydrogen (secondary N) is 1. The Bertz CT molecular complexity index is 6130. The summed E-state index contributed by atoms with van der Waals surface area (Å²) in [4.78, 5) is 4.09. The van der Waals surface area contributed by atoms with Crippen LogP contribution in [0.5, 0.6) is 0 Å². The molecule has 14 aromatic carbocycles. The van der Waals surface area contributed by atoms with Crippen LogP contribution in [-0.2, 0) is 56.9 Å². The topological polar surface area (TPSA) is 116 Å². The standard InChI is InChI=1S/C43H30N2O2S.C24H17N.C19H14BrNO2S.2Cu.O/c1-29-16-21-35(22-17-29)48(46,47)45-42-15-9-8-14-36(42)39-28-34(20-25-43(39)45)44-40-23-18-32(30-10-4-2-5-11-30)26-37(40)38-27-33(19-24-41(38)44)31-12-6-3-7-13-31;1-3-7-17(8-4-1)19-11-13-23-21(15-19)22-16-20(12-14-24(22)25-23)18-9-5-2-6-10-18;1-13-6-9-15(10-7-13)24(22,23)21-18-5-3-2-4-16(18)17-12-14(20)8-11-19(17)21;;;/h2-28H,1H3;1-16,25H;2-12H,1H3;;;. The van der Waals surface area contributed by atoms with E-state index in [4.69, 9.17) is 3.83 Å². The summed E-state index contributed by atoms with van der Waals surface area (Å²) in [6, 6.07) is 110. The Balaban J connectivity index is 0.000000138. The Labute approximate surface area is 606 Å². The summed E-state index contributed by atoms with van der Waals surface area (Å²) in [5.74, 6) is 0. The number of rotatable bonds is 9. The van der Waals surface area contributed by atoms with E-state index in [-0.39, 0.29) is 22.0 Å². The van der Waals surface area contributed by atoms with Crippen molar-refractivity contribution in [3.8, 4) is 50.2 Å². The van der Waals surface area contributed by atoms with Crippen LogP contribution >= 0.6 is 15.9 Å². The second-order valence-electron chi connectivity index (χ2n) is 24.5. The van der Waals surface area contributed by atoms with Gasteiger partial charge in [0.05, 0.1) is 42.9 Å². The van der Waals surface area contributed by atoms with Crippen molar-refractivity contribution in [2.24, 2.45) is 0 Å². The first-order chi connectivity index (χ1) is 48.3. The Morgan fingerprint density at radius 3 is 1.00 bits per heavy atom. The molecule has 0 saturated carbocycles. The minimum Gasteiger partial charge on any atom is -0.355 e. The fourth-order valence-electron chi connectivity index (χ4n) is 13.6. The molecule has 0 aliphatic rings. The van der Waals surface area contributed by atoms with Crippen molar-refractivity contribution < 1.29 is 53.7 Å². The fraction of sp³-hybridized carbons (Fsp3) is 0.0233. The number of aromatic amines is 1. The molecule has 18 aromatic rings. The summed E-state index contributed by atoms with van der Waals surface area (Å²) in [7, 11) is -7.53. The van der Waals surface area contributed by atoms with Gasteiger partial charge in [-0.1, -0.05) is 233 Å². The van der Waals surface area contributed by atoms with E-state index in [1.807, 2.05) is 129 Å². The van der Waals surface area contributed by atoms with Crippen LogP contribution in [0.4, 0.5) is 0 Å². The SMILES string of the molecule is Cc1ccc(S(=O)(=O)n2c3ccccc3c3cc(-n4c5ccc(-c6ccccc6)cc5c5cc(-c6ccccc6)ccc54)ccc32)cc1.Cc1ccc(S(=O)(=O)n2c3ccccc3c3cc(Br)ccc32)cc1.[Cu].[O]=[Cu].c1ccc(-c2ccc3[nH]c4ccc(-c5ccccc5)cc4c3c2)cc1. The van der Waals surface area contributed by atoms with Gasteiger partial charge in [0.25, 0.3) is 20.0 Å². The molecule has 0 spiro atoms. The first kappa shape index (κ1) is 66.7. The number of fused-ring (bicyclic) bond motifs is 12. The molecule has 0 amide bonds. The number of para-hydroxylation sites is 2.